The van der Waals surface area contributed by atoms with Crippen LogP contribution in [0.3, 0.4) is 0 Å². The third kappa shape index (κ3) is 7.50. The highest BCUT2D eigenvalue weighted by atomic mass is 28.3. The van der Waals surface area contributed by atoms with Crippen LogP contribution in [0.5, 0.6) is 0 Å². The minimum absolute atomic E-state index is 0.0300. The van der Waals surface area contributed by atoms with Crippen LogP contribution in [0.1, 0.15) is 49.4 Å². The summed E-state index contributed by atoms with van der Waals surface area (Å²) in [5, 5.41) is 0.214. The van der Waals surface area contributed by atoms with Gasteiger partial charge in [-0.2, -0.15) is 13.2 Å². The molecule has 2 aromatic heterocycles. The molecule has 12 heteroatoms. The summed E-state index contributed by atoms with van der Waals surface area (Å²) in [5.74, 6) is -1.74. The maximum atomic E-state index is 13.5. The summed E-state index contributed by atoms with van der Waals surface area (Å²) in [6.07, 6.45) is 4.69. The van der Waals surface area contributed by atoms with E-state index in [0.29, 0.717) is 17.4 Å². The van der Waals surface area contributed by atoms with Gasteiger partial charge in [0.05, 0.1) is 35.0 Å². The van der Waals surface area contributed by atoms with Crippen molar-refractivity contribution >= 4 is 30.6 Å². The number of fused-ring (bicyclic) bond motifs is 1. The van der Waals surface area contributed by atoms with E-state index in [1.54, 1.807) is 6.20 Å². The molecule has 0 aliphatic heterocycles. The van der Waals surface area contributed by atoms with Gasteiger partial charge in [-0.25, -0.2) is 4.98 Å². The lowest BCUT2D eigenvalue weighted by Crippen LogP contribution is -2.41. The smallest absolute Gasteiger partial charge is 0.361 e. The molecule has 0 atom stereocenters. The summed E-state index contributed by atoms with van der Waals surface area (Å²) < 4.78 is 47.6. The maximum Gasteiger partial charge on any atom is 0.471 e. The number of carbonyl (C=O) groups excluding carboxylic acids is 1. The Kier molecular flexibility index (Phi) is 8.85. The van der Waals surface area contributed by atoms with Crippen LogP contribution in [0.4, 0.5) is 18.9 Å². The van der Waals surface area contributed by atoms with Crippen LogP contribution >= 0.6 is 0 Å². The predicted octanol–water partition coefficient (Wildman–Crippen LogP) is 5.64. The van der Waals surface area contributed by atoms with Crippen LogP contribution in [0.15, 0.2) is 41.7 Å². The Hall–Kier alpha value is -3.12. The summed E-state index contributed by atoms with van der Waals surface area (Å²) in [5.41, 5.74) is 0.805. The number of alkyl halides is 3. The Labute approximate surface area is 226 Å². The van der Waals surface area contributed by atoms with Crippen molar-refractivity contribution in [3.63, 3.8) is 0 Å². The van der Waals surface area contributed by atoms with Crippen LogP contribution in [0.2, 0.25) is 25.7 Å². The Morgan fingerprint density at radius 1 is 1.10 bits per heavy atom. The van der Waals surface area contributed by atoms with Crippen LogP contribution in [0, 0.1) is 0 Å². The maximum absolute atomic E-state index is 13.5. The van der Waals surface area contributed by atoms with Crippen LogP contribution in [-0.4, -0.2) is 46.3 Å². The highest BCUT2D eigenvalue weighted by Gasteiger charge is 2.43. The Morgan fingerprint density at radius 3 is 2.49 bits per heavy atom. The second-order valence-corrected chi connectivity index (χ2v) is 16.8. The molecule has 210 valence electrons. The van der Waals surface area contributed by atoms with Crippen LogP contribution in [-0.2, 0) is 22.8 Å². The van der Waals surface area contributed by atoms with Gasteiger partial charge in [-0.15, -0.1) is 0 Å². The van der Waals surface area contributed by atoms with Gasteiger partial charge >= 0.3 is 12.1 Å². The lowest BCUT2D eigenvalue weighted by molar-refractivity contribution is -0.170. The van der Waals surface area contributed by atoms with Crippen molar-refractivity contribution in [1.82, 2.24) is 19.5 Å². The topological polar surface area (TPSA) is 90.2 Å². The van der Waals surface area contributed by atoms with Gasteiger partial charge in [-0.05, 0) is 37.1 Å². The molecule has 1 aliphatic carbocycles. The fourth-order valence-electron chi connectivity index (χ4n) is 4.60. The van der Waals surface area contributed by atoms with Gasteiger partial charge in [0, 0.05) is 32.5 Å². The highest BCUT2D eigenvalue weighted by molar-refractivity contribution is 6.76. The fourth-order valence-corrected chi connectivity index (χ4v) is 5.36. The molecule has 1 fully saturated rings. The van der Waals surface area contributed by atoms with Gasteiger partial charge in [0.2, 0.25) is 0 Å². The predicted molar refractivity (Wildman–Crippen MR) is 145 cm³/mol. The average Bonchev–Trinajstić information content (AvgIpc) is 2.90. The molecule has 39 heavy (non-hydrogen) atoms. The van der Waals surface area contributed by atoms with E-state index in [0.717, 1.165) is 37.4 Å². The summed E-state index contributed by atoms with van der Waals surface area (Å²) in [7, 11) is -1.28. The lowest BCUT2D eigenvalue weighted by Gasteiger charge is -2.24. The number of nitrogens with zero attached hydrogens (tertiary/aromatic N) is 5. The second-order valence-electron chi connectivity index (χ2n) is 11.2. The molecule has 3 aromatic rings. The third-order valence-electron chi connectivity index (χ3n) is 6.90. The first kappa shape index (κ1) is 28.9. The van der Waals surface area contributed by atoms with Crippen LogP contribution < -0.4 is 10.5 Å². The fraction of sp³-hybridized carbons (Fsp3) is 0.519. The average molecular weight is 562 g/mol. The molecule has 8 nitrogen and oxygen atoms in total. The molecule has 0 bridgehead atoms. The molecule has 0 unspecified atom stereocenters. The van der Waals surface area contributed by atoms with Crippen molar-refractivity contribution < 1.29 is 22.7 Å². The van der Waals surface area contributed by atoms with Gasteiger partial charge in [0.25, 0.3) is 5.56 Å². The normalized spacial score (nSPS) is 15.0. The summed E-state index contributed by atoms with van der Waals surface area (Å²) in [6, 6.07) is 4.95. The minimum Gasteiger partial charge on any atom is -0.361 e. The number of aromatic nitrogens is 4. The summed E-state index contributed by atoms with van der Waals surface area (Å²) in [6.45, 7) is 6.81. The Morgan fingerprint density at radius 2 is 1.85 bits per heavy atom. The standard InChI is InChI=1S/C27H34F3N5O3Si/c1-39(2,3)12-11-38-18-34-17-33-23-13-21(9-10-22(23)25(34)36)35(26(37)27(28,29)30)16-20-14-32-24(15-31-20)19-7-5-4-6-8-19/h9-10,13-15,17,19H,4-8,11-12,16,18H2,1-3H3. The summed E-state index contributed by atoms with van der Waals surface area (Å²) in [4.78, 5) is 38.9. The van der Waals surface area contributed by atoms with Gasteiger partial charge in [-0.1, -0.05) is 38.9 Å². The van der Waals surface area contributed by atoms with Crippen molar-refractivity contribution in [3.05, 3.63) is 58.7 Å². The van der Waals surface area contributed by atoms with Crippen LogP contribution in [0.25, 0.3) is 10.9 Å². The number of hydrogen-bond acceptors (Lipinski definition) is 6. The van der Waals surface area contributed by atoms with Crippen molar-refractivity contribution in [2.75, 3.05) is 11.5 Å². The number of carbonyl (C=O) groups is 1. The minimum atomic E-state index is -5.10. The molecule has 0 spiro atoms. The van der Waals surface area contributed by atoms with Gasteiger partial charge < -0.3 is 4.74 Å². The first-order chi connectivity index (χ1) is 18.4. The van der Waals surface area contributed by atoms with E-state index in [1.807, 2.05) is 0 Å². The zero-order valence-corrected chi connectivity index (χ0v) is 23.5. The molecule has 4 rings (SSSR count). The van der Waals surface area contributed by atoms with E-state index in [4.69, 9.17) is 4.74 Å². The van der Waals surface area contributed by atoms with Crippen molar-refractivity contribution in [3.8, 4) is 0 Å². The largest absolute Gasteiger partial charge is 0.471 e. The highest BCUT2D eigenvalue weighted by Crippen LogP contribution is 2.31. The first-order valence-electron chi connectivity index (χ1n) is 13.2. The quantitative estimate of drug-likeness (QED) is 0.248. The lowest BCUT2D eigenvalue weighted by atomic mass is 9.87. The van der Waals surface area contributed by atoms with E-state index in [1.165, 1.54) is 41.7 Å². The van der Waals surface area contributed by atoms with Gasteiger partial charge in [-0.3, -0.25) is 29.0 Å². The Bertz CT molecular complexity index is 1350. The molecule has 1 saturated carbocycles. The molecular formula is C27H34F3N5O3Si. The number of amides is 1. The second kappa shape index (κ2) is 11.9. The molecule has 1 aromatic carbocycles. The number of hydrogen-bond donors (Lipinski definition) is 0. The van der Waals surface area contributed by atoms with Gasteiger partial charge in [0.1, 0.15) is 13.1 Å². The SMILES string of the molecule is C[Si](C)(C)CCOCn1cnc2cc(N(Cc3cnc(C4CCCCC4)cn3)C(=O)C(F)(F)F)ccc2c1=O. The van der Waals surface area contributed by atoms with E-state index in [-0.39, 0.29) is 34.6 Å². The first-order valence-corrected chi connectivity index (χ1v) is 16.9. The van der Waals surface area contributed by atoms with Crippen molar-refractivity contribution in [2.45, 2.75) is 83.2 Å². The number of ether oxygens (including phenoxy) is 1. The van der Waals surface area contributed by atoms with Crippen molar-refractivity contribution in [2.24, 2.45) is 0 Å². The van der Waals surface area contributed by atoms with E-state index in [2.05, 4.69) is 34.6 Å². The van der Waals surface area contributed by atoms with E-state index < -0.39 is 26.7 Å². The molecule has 0 saturated heterocycles. The number of rotatable bonds is 9. The van der Waals surface area contributed by atoms with E-state index in [9.17, 15) is 22.8 Å². The van der Waals surface area contributed by atoms with E-state index >= 15 is 0 Å². The molecule has 1 aliphatic rings. The van der Waals surface area contributed by atoms with Gasteiger partial charge in [0.15, 0.2) is 0 Å². The molecule has 2 heterocycles. The zero-order chi connectivity index (χ0) is 28.2. The third-order valence-corrected chi connectivity index (χ3v) is 8.61. The molecule has 0 N–H and O–H groups in total. The summed E-state index contributed by atoms with van der Waals surface area (Å²) >= 11 is 0. The zero-order valence-electron chi connectivity index (χ0n) is 22.5. The molecule has 0 radical (unpaired) electrons. The van der Waals surface area contributed by atoms with Crippen molar-refractivity contribution in [1.29, 1.82) is 0 Å². The number of halogens is 3. The molecule has 1 amide bonds. The Balaban J connectivity index is 1.56. The monoisotopic (exact) mass is 561 g/mol. The number of benzene rings is 1. The number of anilines is 1. The molecular weight excluding hydrogens is 527 g/mol.